The van der Waals surface area contributed by atoms with Crippen molar-refractivity contribution >= 4 is 12.0 Å². The number of amides is 2. The number of aliphatic hydroxyl groups is 1. The van der Waals surface area contributed by atoms with Crippen LogP contribution >= 0.6 is 0 Å². The van der Waals surface area contributed by atoms with Gasteiger partial charge in [-0.25, -0.2) is 9.59 Å². The topological polar surface area (TPSA) is 89.9 Å². The molecule has 0 saturated heterocycles. The summed E-state index contributed by atoms with van der Waals surface area (Å²) in [6.45, 7) is 5.45. The van der Waals surface area contributed by atoms with Crippen LogP contribution in [-0.4, -0.2) is 45.8 Å². The van der Waals surface area contributed by atoms with Gasteiger partial charge in [0.1, 0.15) is 0 Å². The fourth-order valence-electron chi connectivity index (χ4n) is 1.94. The fraction of sp³-hybridized carbons (Fsp3) is 0.467. The third-order valence-electron chi connectivity index (χ3n) is 2.89. The standard InChI is InChI=1S/C15H22N2O4/c1-4-17(10-15(2,3)21)14(20)16-12(13(18)19)11-8-6-5-7-9-11/h5-9,12,21H,4,10H2,1-3H3,(H,16,20)(H,18,19). The van der Waals surface area contributed by atoms with Crippen molar-refractivity contribution in [2.75, 3.05) is 13.1 Å². The number of benzene rings is 1. The Balaban J connectivity index is 2.84. The average molecular weight is 294 g/mol. The van der Waals surface area contributed by atoms with E-state index in [0.717, 1.165) is 0 Å². The largest absolute Gasteiger partial charge is 0.479 e. The van der Waals surface area contributed by atoms with Crippen LogP contribution in [0.4, 0.5) is 4.79 Å². The predicted molar refractivity (Wildman–Crippen MR) is 78.9 cm³/mol. The number of carbonyl (C=O) groups is 2. The number of carbonyl (C=O) groups excluding carboxylic acids is 1. The number of likely N-dealkylation sites (N-methyl/N-ethyl adjacent to an activating group) is 1. The molecule has 116 valence electrons. The molecule has 1 rings (SSSR count). The van der Waals surface area contributed by atoms with Gasteiger partial charge >= 0.3 is 12.0 Å². The van der Waals surface area contributed by atoms with Gasteiger partial charge in [0.05, 0.1) is 12.1 Å². The van der Waals surface area contributed by atoms with Crippen LogP contribution in [0.2, 0.25) is 0 Å². The molecule has 1 aromatic carbocycles. The zero-order valence-corrected chi connectivity index (χ0v) is 12.5. The van der Waals surface area contributed by atoms with Crippen LogP contribution in [0.5, 0.6) is 0 Å². The Kier molecular flexibility index (Phi) is 5.72. The van der Waals surface area contributed by atoms with E-state index in [4.69, 9.17) is 0 Å². The minimum Gasteiger partial charge on any atom is -0.479 e. The monoisotopic (exact) mass is 294 g/mol. The maximum atomic E-state index is 12.2. The first-order valence-corrected chi connectivity index (χ1v) is 6.80. The van der Waals surface area contributed by atoms with E-state index in [2.05, 4.69) is 5.32 Å². The maximum Gasteiger partial charge on any atom is 0.330 e. The van der Waals surface area contributed by atoms with Gasteiger partial charge in [-0.2, -0.15) is 0 Å². The molecule has 0 heterocycles. The van der Waals surface area contributed by atoms with Crippen molar-refractivity contribution in [3.05, 3.63) is 35.9 Å². The molecule has 0 aliphatic heterocycles. The number of nitrogens with zero attached hydrogens (tertiary/aromatic N) is 1. The molecular weight excluding hydrogens is 272 g/mol. The van der Waals surface area contributed by atoms with Crippen molar-refractivity contribution in [2.45, 2.75) is 32.4 Å². The second kappa shape index (κ2) is 7.08. The number of rotatable bonds is 6. The number of hydrogen-bond donors (Lipinski definition) is 3. The van der Waals surface area contributed by atoms with Crippen LogP contribution in [0.25, 0.3) is 0 Å². The number of carboxylic acids is 1. The Bertz CT molecular complexity index is 482. The molecule has 0 bridgehead atoms. The van der Waals surface area contributed by atoms with Gasteiger partial charge in [0.15, 0.2) is 6.04 Å². The first-order chi connectivity index (χ1) is 9.74. The minimum atomic E-state index is -1.13. The van der Waals surface area contributed by atoms with Crippen LogP contribution in [0.15, 0.2) is 30.3 Å². The summed E-state index contributed by atoms with van der Waals surface area (Å²) in [7, 11) is 0. The summed E-state index contributed by atoms with van der Waals surface area (Å²) in [5, 5.41) is 21.6. The molecule has 0 saturated carbocycles. The fourth-order valence-corrected chi connectivity index (χ4v) is 1.94. The lowest BCUT2D eigenvalue weighted by molar-refractivity contribution is -0.139. The average Bonchev–Trinajstić information content (AvgIpc) is 2.41. The van der Waals surface area contributed by atoms with E-state index in [1.54, 1.807) is 51.1 Å². The summed E-state index contributed by atoms with van der Waals surface area (Å²) in [6.07, 6.45) is 0. The SMILES string of the molecule is CCN(CC(C)(C)O)C(=O)NC(C(=O)O)c1ccccc1. The summed E-state index contributed by atoms with van der Waals surface area (Å²) in [4.78, 5) is 24.9. The van der Waals surface area contributed by atoms with Crippen molar-refractivity contribution in [3.8, 4) is 0 Å². The Hall–Kier alpha value is -2.08. The molecular formula is C15H22N2O4. The zero-order chi connectivity index (χ0) is 16.0. The summed E-state index contributed by atoms with van der Waals surface area (Å²) < 4.78 is 0. The summed E-state index contributed by atoms with van der Waals surface area (Å²) >= 11 is 0. The van der Waals surface area contributed by atoms with Gasteiger partial charge in [-0.15, -0.1) is 0 Å². The van der Waals surface area contributed by atoms with Crippen molar-refractivity contribution in [1.29, 1.82) is 0 Å². The molecule has 2 amide bonds. The highest BCUT2D eigenvalue weighted by Gasteiger charge is 2.26. The molecule has 1 aromatic rings. The van der Waals surface area contributed by atoms with E-state index in [-0.39, 0.29) is 6.54 Å². The number of aliphatic carboxylic acids is 1. The summed E-state index contributed by atoms with van der Waals surface area (Å²) in [6, 6.07) is 6.86. The number of carboxylic acid groups (broad SMARTS) is 1. The summed E-state index contributed by atoms with van der Waals surface area (Å²) in [5.74, 6) is -1.13. The Morgan fingerprint density at radius 1 is 1.29 bits per heavy atom. The van der Waals surface area contributed by atoms with Gasteiger partial charge in [-0.05, 0) is 26.3 Å². The van der Waals surface area contributed by atoms with Gasteiger partial charge in [-0.3, -0.25) is 0 Å². The highest BCUT2D eigenvalue weighted by molar-refractivity contribution is 5.83. The van der Waals surface area contributed by atoms with E-state index >= 15 is 0 Å². The van der Waals surface area contributed by atoms with Crippen LogP contribution in [0.1, 0.15) is 32.4 Å². The van der Waals surface area contributed by atoms with Gasteiger partial charge in [-0.1, -0.05) is 30.3 Å². The molecule has 3 N–H and O–H groups in total. The molecule has 21 heavy (non-hydrogen) atoms. The van der Waals surface area contributed by atoms with Crippen LogP contribution < -0.4 is 5.32 Å². The van der Waals surface area contributed by atoms with Crippen LogP contribution in [0, 0.1) is 0 Å². The van der Waals surface area contributed by atoms with Crippen molar-refractivity contribution in [2.24, 2.45) is 0 Å². The first-order valence-electron chi connectivity index (χ1n) is 6.80. The van der Waals surface area contributed by atoms with E-state index in [0.29, 0.717) is 12.1 Å². The lowest BCUT2D eigenvalue weighted by Crippen LogP contribution is -2.48. The van der Waals surface area contributed by atoms with Crippen LogP contribution in [0.3, 0.4) is 0 Å². The molecule has 0 aliphatic rings. The first kappa shape index (κ1) is 17.0. The van der Waals surface area contributed by atoms with Gasteiger partial charge in [0, 0.05) is 6.54 Å². The number of nitrogens with one attached hydrogen (secondary N) is 1. The Morgan fingerprint density at radius 2 is 1.86 bits per heavy atom. The Morgan fingerprint density at radius 3 is 2.29 bits per heavy atom. The van der Waals surface area contributed by atoms with Crippen LogP contribution in [-0.2, 0) is 4.79 Å². The predicted octanol–water partition coefficient (Wildman–Crippen LogP) is 1.61. The molecule has 6 heteroatoms. The minimum absolute atomic E-state index is 0.121. The third-order valence-corrected chi connectivity index (χ3v) is 2.89. The molecule has 6 nitrogen and oxygen atoms in total. The number of urea groups is 1. The zero-order valence-electron chi connectivity index (χ0n) is 12.5. The quantitative estimate of drug-likeness (QED) is 0.743. The lowest BCUT2D eigenvalue weighted by atomic mass is 10.1. The van der Waals surface area contributed by atoms with E-state index in [1.165, 1.54) is 4.90 Å². The van der Waals surface area contributed by atoms with Crippen molar-refractivity contribution in [1.82, 2.24) is 10.2 Å². The number of hydrogen-bond acceptors (Lipinski definition) is 3. The third kappa shape index (κ3) is 5.43. The van der Waals surface area contributed by atoms with Gasteiger partial charge in [0.25, 0.3) is 0 Å². The highest BCUT2D eigenvalue weighted by Crippen LogP contribution is 2.14. The van der Waals surface area contributed by atoms with E-state index < -0.39 is 23.6 Å². The van der Waals surface area contributed by atoms with Gasteiger partial charge < -0.3 is 20.4 Å². The Labute approximate surface area is 124 Å². The second-order valence-corrected chi connectivity index (χ2v) is 5.46. The molecule has 0 aromatic heterocycles. The van der Waals surface area contributed by atoms with E-state index in [1.807, 2.05) is 0 Å². The molecule has 1 unspecified atom stereocenters. The molecule has 0 radical (unpaired) electrons. The van der Waals surface area contributed by atoms with Crippen molar-refractivity contribution in [3.63, 3.8) is 0 Å². The molecule has 0 spiro atoms. The molecule has 0 aliphatic carbocycles. The smallest absolute Gasteiger partial charge is 0.330 e. The molecule has 0 fully saturated rings. The van der Waals surface area contributed by atoms with Crippen molar-refractivity contribution < 1.29 is 19.8 Å². The summed E-state index contributed by atoms with van der Waals surface area (Å²) in [5.41, 5.74) is -0.545. The highest BCUT2D eigenvalue weighted by atomic mass is 16.4. The van der Waals surface area contributed by atoms with E-state index in [9.17, 15) is 19.8 Å². The lowest BCUT2D eigenvalue weighted by Gasteiger charge is -2.29. The molecule has 1 atom stereocenters. The maximum absolute atomic E-state index is 12.2. The second-order valence-electron chi connectivity index (χ2n) is 5.46. The van der Waals surface area contributed by atoms with Gasteiger partial charge in [0.2, 0.25) is 0 Å². The normalized spacial score (nSPS) is 12.6.